The van der Waals surface area contributed by atoms with Crippen LogP contribution < -0.4 is 15.4 Å². The van der Waals surface area contributed by atoms with Crippen LogP contribution in [0.5, 0.6) is 5.75 Å². The number of ether oxygens (including phenoxy) is 1. The Morgan fingerprint density at radius 1 is 1.14 bits per heavy atom. The number of amides is 1. The summed E-state index contributed by atoms with van der Waals surface area (Å²) in [4.78, 5) is 12.5. The van der Waals surface area contributed by atoms with Gasteiger partial charge in [0.25, 0.3) is 5.91 Å². The monoisotopic (exact) mass is 462 g/mol. The molecule has 1 atom stereocenters. The van der Waals surface area contributed by atoms with E-state index in [1.165, 1.54) is 19.3 Å². The van der Waals surface area contributed by atoms with E-state index in [1.54, 1.807) is 12.1 Å². The van der Waals surface area contributed by atoms with E-state index >= 15 is 0 Å². The summed E-state index contributed by atoms with van der Waals surface area (Å²) < 4.78 is 6.54. The molecule has 2 rings (SSSR count). The van der Waals surface area contributed by atoms with E-state index in [2.05, 4.69) is 33.5 Å². The highest BCUT2D eigenvalue weighted by molar-refractivity contribution is 9.10. The highest BCUT2D eigenvalue weighted by Crippen LogP contribution is 2.26. The number of halogens is 1. The number of hydrogen-bond donors (Lipinski definition) is 2. The molecule has 0 aliphatic heterocycles. The Balaban J connectivity index is 1.86. The van der Waals surface area contributed by atoms with E-state index in [0.29, 0.717) is 17.3 Å². The maximum Gasteiger partial charge on any atom is 0.257 e. The van der Waals surface area contributed by atoms with Gasteiger partial charge in [-0.25, -0.2) is 0 Å². The first-order valence-electron chi connectivity index (χ1n) is 9.60. The van der Waals surface area contributed by atoms with E-state index in [0.717, 1.165) is 22.2 Å². The van der Waals surface area contributed by atoms with Crippen molar-refractivity contribution < 1.29 is 9.53 Å². The van der Waals surface area contributed by atoms with Gasteiger partial charge in [0.15, 0.2) is 5.11 Å². The van der Waals surface area contributed by atoms with Crippen molar-refractivity contribution in [2.45, 2.75) is 45.6 Å². The van der Waals surface area contributed by atoms with Crippen LogP contribution in [0.4, 0.5) is 0 Å². The lowest BCUT2D eigenvalue weighted by Gasteiger charge is -2.17. The topological polar surface area (TPSA) is 50.4 Å². The summed E-state index contributed by atoms with van der Waals surface area (Å²) in [5.74, 6) is 0.486. The van der Waals surface area contributed by atoms with Crippen LogP contribution in [0.2, 0.25) is 0 Å². The molecule has 0 saturated carbocycles. The van der Waals surface area contributed by atoms with Crippen LogP contribution in [0, 0.1) is 0 Å². The van der Waals surface area contributed by atoms with Crippen molar-refractivity contribution in [1.82, 2.24) is 10.6 Å². The molecular formula is C22H27BrN2O2S. The van der Waals surface area contributed by atoms with Crippen molar-refractivity contribution in [3.63, 3.8) is 0 Å². The predicted molar refractivity (Wildman–Crippen MR) is 122 cm³/mol. The fourth-order valence-corrected chi connectivity index (χ4v) is 3.47. The zero-order valence-electron chi connectivity index (χ0n) is 16.3. The second-order valence-corrected chi connectivity index (χ2v) is 7.88. The van der Waals surface area contributed by atoms with E-state index in [-0.39, 0.29) is 11.9 Å². The first-order chi connectivity index (χ1) is 13.5. The van der Waals surface area contributed by atoms with Crippen LogP contribution in [-0.2, 0) is 0 Å². The van der Waals surface area contributed by atoms with Crippen LogP contribution in [0.15, 0.2) is 53.0 Å². The molecule has 2 aromatic carbocycles. The van der Waals surface area contributed by atoms with Gasteiger partial charge in [-0.15, -0.1) is 0 Å². The van der Waals surface area contributed by atoms with Crippen molar-refractivity contribution in [2.75, 3.05) is 6.61 Å². The van der Waals surface area contributed by atoms with Gasteiger partial charge in [0.2, 0.25) is 0 Å². The molecule has 28 heavy (non-hydrogen) atoms. The molecule has 0 aliphatic rings. The van der Waals surface area contributed by atoms with Crippen LogP contribution in [0.25, 0.3) is 0 Å². The quantitative estimate of drug-likeness (QED) is 0.366. The summed E-state index contributed by atoms with van der Waals surface area (Å²) >= 11 is 8.76. The second kappa shape index (κ2) is 11.8. The fraction of sp³-hybridized carbons (Fsp3) is 0.364. The van der Waals surface area contributed by atoms with Crippen LogP contribution in [0.1, 0.15) is 61.5 Å². The van der Waals surface area contributed by atoms with Gasteiger partial charge in [0.1, 0.15) is 5.75 Å². The minimum Gasteiger partial charge on any atom is -0.492 e. The van der Waals surface area contributed by atoms with Gasteiger partial charge in [-0.05, 0) is 65.3 Å². The molecule has 0 radical (unpaired) electrons. The number of carbonyl (C=O) groups is 1. The van der Waals surface area contributed by atoms with Crippen LogP contribution in [-0.4, -0.2) is 17.6 Å². The van der Waals surface area contributed by atoms with Crippen molar-refractivity contribution in [3.8, 4) is 5.75 Å². The average Bonchev–Trinajstić information content (AvgIpc) is 2.69. The summed E-state index contributed by atoms with van der Waals surface area (Å²) in [5.41, 5.74) is 1.61. The van der Waals surface area contributed by atoms with Gasteiger partial charge in [-0.3, -0.25) is 10.1 Å². The minimum atomic E-state index is -0.257. The summed E-state index contributed by atoms with van der Waals surface area (Å²) in [6.45, 7) is 4.86. The number of thiocarbonyl (C=S) groups is 1. The van der Waals surface area contributed by atoms with Gasteiger partial charge in [0.05, 0.1) is 17.1 Å². The normalized spacial score (nSPS) is 11.5. The summed E-state index contributed by atoms with van der Waals surface area (Å²) in [6, 6.07) is 15.2. The van der Waals surface area contributed by atoms with Gasteiger partial charge in [-0.1, -0.05) is 56.5 Å². The van der Waals surface area contributed by atoms with Crippen LogP contribution >= 0.6 is 28.1 Å². The predicted octanol–water partition coefficient (Wildman–Crippen LogP) is 5.77. The zero-order chi connectivity index (χ0) is 20.4. The molecule has 0 bridgehead atoms. The first kappa shape index (κ1) is 22.4. The minimum absolute atomic E-state index is 0.00391. The smallest absolute Gasteiger partial charge is 0.257 e. The first-order valence-corrected chi connectivity index (χ1v) is 10.8. The fourth-order valence-electron chi connectivity index (χ4n) is 2.70. The molecule has 4 nitrogen and oxygen atoms in total. The number of nitrogens with one attached hydrogen (secondary N) is 2. The summed E-state index contributed by atoms with van der Waals surface area (Å²) in [6.07, 6.45) is 4.62. The Kier molecular flexibility index (Phi) is 9.44. The van der Waals surface area contributed by atoms with Gasteiger partial charge in [0, 0.05) is 5.56 Å². The standard InChI is InChI=1S/C22H27BrN2O2S/c1-3-4-5-9-14-27-20-13-12-18(15-19(20)23)21(26)25-22(28)24-16(2)17-10-7-6-8-11-17/h6-8,10-13,15-16H,3-5,9,14H2,1-2H3,(H2,24,25,26,28). The van der Waals surface area contributed by atoms with Gasteiger partial charge in [-0.2, -0.15) is 0 Å². The summed E-state index contributed by atoms with van der Waals surface area (Å²) in [5, 5.41) is 6.16. The molecular weight excluding hydrogens is 436 g/mol. The molecule has 0 spiro atoms. The third kappa shape index (κ3) is 7.24. The van der Waals surface area contributed by atoms with Crippen molar-refractivity contribution in [2.24, 2.45) is 0 Å². The molecule has 2 aromatic rings. The molecule has 0 heterocycles. The molecule has 0 aromatic heterocycles. The third-order valence-electron chi connectivity index (χ3n) is 4.32. The van der Waals surface area contributed by atoms with E-state index in [9.17, 15) is 4.79 Å². The third-order valence-corrected chi connectivity index (χ3v) is 5.16. The molecule has 0 saturated heterocycles. The Labute approximate surface area is 181 Å². The Hall–Kier alpha value is -1.92. The lowest BCUT2D eigenvalue weighted by atomic mass is 10.1. The van der Waals surface area contributed by atoms with Gasteiger partial charge < -0.3 is 10.1 Å². The number of unbranched alkanes of at least 4 members (excludes halogenated alkanes) is 3. The van der Waals surface area contributed by atoms with Crippen molar-refractivity contribution in [1.29, 1.82) is 0 Å². The van der Waals surface area contributed by atoms with E-state index in [1.807, 2.05) is 43.3 Å². The number of benzene rings is 2. The zero-order valence-corrected chi connectivity index (χ0v) is 18.7. The highest BCUT2D eigenvalue weighted by atomic mass is 79.9. The number of hydrogen-bond acceptors (Lipinski definition) is 3. The molecule has 150 valence electrons. The molecule has 6 heteroatoms. The average molecular weight is 463 g/mol. The summed E-state index contributed by atoms with van der Waals surface area (Å²) in [7, 11) is 0. The highest BCUT2D eigenvalue weighted by Gasteiger charge is 2.13. The Morgan fingerprint density at radius 2 is 1.89 bits per heavy atom. The number of carbonyl (C=O) groups excluding carboxylic acids is 1. The van der Waals surface area contributed by atoms with Gasteiger partial charge >= 0.3 is 0 Å². The largest absolute Gasteiger partial charge is 0.492 e. The Bertz CT molecular complexity index is 783. The van der Waals surface area contributed by atoms with E-state index in [4.69, 9.17) is 17.0 Å². The van der Waals surface area contributed by atoms with Crippen molar-refractivity contribution in [3.05, 3.63) is 64.1 Å². The number of rotatable bonds is 9. The maximum absolute atomic E-state index is 12.5. The molecule has 1 amide bonds. The molecule has 2 N–H and O–H groups in total. The molecule has 0 fully saturated rings. The lowest BCUT2D eigenvalue weighted by molar-refractivity contribution is 0.0976. The molecule has 0 aliphatic carbocycles. The van der Waals surface area contributed by atoms with Crippen molar-refractivity contribution >= 4 is 39.2 Å². The van der Waals surface area contributed by atoms with E-state index < -0.39 is 0 Å². The molecule has 1 unspecified atom stereocenters. The Morgan fingerprint density at radius 3 is 2.57 bits per heavy atom. The lowest BCUT2D eigenvalue weighted by Crippen LogP contribution is -2.40. The maximum atomic E-state index is 12.5. The van der Waals surface area contributed by atoms with Crippen LogP contribution in [0.3, 0.4) is 0 Å². The second-order valence-electron chi connectivity index (χ2n) is 6.61. The SMILES string of the molecule is CCCCCCOc1ccc(C(=O)NC(=S)NC(C)c2ccccc2)cc1Br.